The Labute approximate surface area is 183 Å². The predicted octanol–water partition coefficient (Wildman–Crippen LogP) is 3.59. The summed E-state index contributed by atoms with van der Waals surface area (Å²) in [7, 11) is -2.72. The van der Waals surface area contributed by atoms with E-state index < -0.39 is 16.0 Å². The zero-order chi connectivity index (χ0) is 22.4. The van der Waals surface area contributed by atoms with Crippen molar-refractivity contribution in [1.29, 1.82) is 0 Å². The van der Waals surface area contributed by atoms with Crippen LogP contribution in [0, 0.1) is 0 Å². The van der Waals surface area contributed by atoms with Gasteiger partial charge in [0, 0.05) is 10.6 Å². The standard InChI is InChI=1S/C21H17ClN2O6S/c1-29-20-12-14(13-23-24-21(26)15-3-7-17(25)8-4-15)2-11-19(20)30-31(27,28)18-9-5-16(22)6-10-18/h2-13,25H,1H3,(H,24,26)/b23-13-. The third kappa shape index (κ3) is 5.74. The van der Waals surface area contributed by atoms with Gasteiger partial charge in [0.1, 0.15) is 10.6 Å². The number of phenolic OH excluding ortho intramolecular Hbond substituents is 1. The van der Waals surface area contributed by atoms with E-state index in [1.54, 1.807) is 6.07 Å². The molecule has 31 heavy (non-hydrogen) atoms. The first-order chi connectivity index (χ1) is 14.8. The van der Waals surface area contributed by atoms with E-state index in [0.29, 0.717) is 16.1 Å². The summed E-state index contributed by atoms with van der Waals surface area (Å²) in [5, 5.41) is 13.5. The maximum atomic E-state index is 12.5. The number of benzene rings is 3. The van der Waals surface area contributed by atoms with Crippen molar-refractivity contribution in [2.24, 2.45) is 5.10 Å². The second-order valence-corrected chi connectivity index (χ2v) is 8.13. The molecule has 0 aromatic heterocycles. The van der Waals surface area contributed by atoms with Gasteiger partial charge in [-0.15, -0.1) is 0 Å². The number of amides is 1. The lowest BCUT2D eigenvalue weighted by molar-refractivity contribution is 0.0955. The van der Waals surface area contributed by atoms with Gasteiger partial charge in [-0.1, -0.05) is 11.6 Å². The molecule has 10 heteroatoms. The fraction of sp³-hybridized carbons (Fsp3) is 0.0476. The van der Waals surface area contributed by atoms with Crippen LogP contribution in [0.5, 0.6) is 17.2 Å². The maximum Gasteiger partial charge on any atom is 0.339 e. The Balaban J connectivity index is 1.72. The largest absolute Gasteiger partial charge is 0.508 e. The van der Waals surface area contributed by atoms with Gasteiger partial charge in [0.15, 0.2) is 11.5 Å². The van der Waals surface area contributed by atoms with Gasteiger partial charge in [-0.05, 0) is 72.3 Å². The predicted molar refractivity (Wildman–Crippen MR) is 115 cm³/mol. The van der Waals surface area contributed by atoms with Crippen LogP contribution in [0.3, 0.4) is 0 Å². The molecular weight excluding hydrogens is 444 g/mol. The van der Waals surface area contributed by atoms with Gasteiger partial charge in [-0.25, -0.2) is 5.43 Å². The van der Waals surface area contributed by atoms with Crippen molar-refractivity contribution in [2.75, 3.05) is 7.11 Å². The van der Waals surface area contributed by atoms with E-state index >= 15 is 0 Å². The minimum Gasteiger partial charge on any atom is -0.508 e. The number of phenols is 1. The highest BCUT2D eigenvalue weighted by molar-refractivity contribution is 7.87. The summed E-state index contributed by atoms with van der Waals surface area (Å²) >= 11 is 5.79. The van der Waals surface area contributed by atoms with Crippen LogP contribution in [0.2, 0.25) is 5.02 Å². The van der Waals surface area contributed by atoms with E-state index in [9.17, 15) is 18.3 Å². The second kappa shape index (κ2) is 9.50. The van der Waals surface area contributed by atoms with E-state index in [1.807, 2.05) is 0 Å². The van der Waals surface area contributed by atoms with Gasteiger partial charge >= 0.3 is 10.1 Å². The number of aromatic hydroxyl groups is 1. The second-order valence-electron chi connectivity index (χ2n) is 6.15. The van der Waals surface area contributed by atoms with Crippen LogP contribution in [0.15, 0.2) is 76.7 Å². The molecule has 0 radical (unpaired) electrons. The average molecular weight is 461 g/mol. The number of rotatable bonds is 7. The molecule has 0 heterocycles. The van der Waals surface area contributed by atoms with Crippen molar-refractivity contribution in [3.8, 4) is 17.2 Å². The Morgan fingerprint density at radius 3 is 2.35 bits per heavy atom. The van der Waals surface area contributed by atoms with Crippen molar-refractivity contribution in [2.45, 2.75) is 4.90 Å². The summed E-state index contributed by atoms with van der Waals surface area (Å²) in [4.78, 5) is 12.0. The minimum absolute atomic E-state index is 0.0114. The van der Waals surface area contributed by atoms with Crippen LogP contribution < -0.4 is 14.3 Å². The number of methoxy groups -OCH3 is 1. The first kappa shape index (κ1) is 22.1. The Morgan fingerprint density at radius 1 is 1.03 bits per heavy atom. The molecule has 0 saturated heterocycles. The molecule has 1 amide bonds. The molecule has 0 spiro atoms. The van der Waals surface area contributed by atoms with Crippen molar-refractivity contribution in [3.63, 3.8) is 0 Å². The highest BCUT2D eigenvalue weighted by atomic mass is 35.5. The van der Waals surface area contributed by atoms with E-state index in [1.165, 1.54) is 74.0 Å². The normalized spacial score (nSPS) is 11.3. The molecule has 3 aromatic carbocycles. The van der Waals surface area contributed by atoms with Crippen LogP contribution in [-0.4, -0.2) is 32.8 Å². The van der Waals surface area contributed by atoms with Gasteiger partial charge in [0.2, 0.25) is 0 Å². The van der Waals surface area contributed by atoms with E-state index in [-0.39, 0.29) is 22.1 Å². The Kier molecular flexibility index (Phi) is 6.78. The van der Waals surface area contributed by atoms with Crippen molar-refractivity contribution < 1.29 is 27.2 Å². The average Bonchev–Trinajstić information content (AvgIpc) is 2.75. The maximum absolute atomic E-state index is 12.5. The highest BCUT2D eigenvalue weighted by Gasteiger charge is 2.19. The van der Waals surface area contributed by atoms with Gasteiger partial charge < -0.3 is 14.0 Å². The van der Waals surface area contributed by atoms with E-state index in [4.69, 9.17) is 20.5 Å². The third-order valence-electron chi connectivity index (χ3n) is 4.00. The molecule has 2 N–H and O–H groups in total. The summed E-state index contributed by atoms with van der Waals surface area (Å²) < 4.78 is 35.3. The fourth-order valence-corrected chi connectivity index (χ4v) is 3.51. The number of hydrogen-bond acceptors (Lipinski definition) is 7. The SMILES string of the molecule is COc1cc(/C=N\NC(=O)c2ccc(O)cc2)ccc1OS(=O)(=O)c1ccc(Cl)cc1. The zero-order valence-corrected chi connectivity index (χ0v) is 17.7. The number of carbonyl (C=O) groups excluding carboxylic acids is 1. The molecule has 0 fully saturated rings. The molecule has 160 valence electrons. The van der Waals surface area contributed by atoms with Gasteiger partial charge in [-0.3, -0.25) is 4.79 Å². The molecular formula is C21H17ClN2O6S. The van der Waals surface area contributed by atoms with Gasteiger partial charge in [-0.2, -0.15) is 13.5 Å². The van der Waals surface area contributed by atoms with Crippen molar-refractivity contribution in [1.82, 2.24) is 5.43 Å². The smallest absolute Gasteiger partial charge is 0.339 e. The number of carbonyl (C=O) groups is 1. The Morgan fingerprint density at radius 2 is 1.71 bits per heavy atom. The minimum atomic E-state index is -4.08. The third-order valence-corrected chi connectivity index (χ3v) is 5.50. The fourth-order valence-electron chi connectivity index (χ4n) is 2.44. The topological polar surface area (TPSA) is 114 Å². The number of hydrogen-bond donors (Lipinski definition) is 2. The van der Waals surface area contributed by atoms with E-state index in [0.717, 1.165) is 0 Å². The quantitative estimate of drug-likeness (QED) is 0.316. The number of halogens is 1. The summed E-state index contributed by atoms with van der Waals surface area (Å²) in [5.41, 5.74) is 3.20. The van der Waals surface area contributed by atoms with Gasteiger partial charge in [0.25, 0.3) is 5.91 Å². The lowest BCUT2D eigenvalue weighted by Gasteiger charge is -2.11. The summed E-state index contributed by atoms with van der Waals surface area (Å²) in [6.45, 7) is 0. The number of hydrazone groups is 1. The van der Waals surface area contributed by atoms with Gasteiger partial charge in [0.05, 0.1) is 13.3 Å². The molecule has 0 unspecified atom stereocenters. The lowest BCUT2D eigenvalue weighted by Crippen LogP contribution is -2.17. The molecule has 0 aliphatic carbocycles. The van der Waals surface area contributed by atoms with Crippen LogP contribution in [0.1, 0.15) is 15.9 Å². The summed E-state index contributed by atoms with van der Waals surface area (Å²) in [5.74, 6) is -0.265. The van der Waals surface area contributed by atoms with Crippen LogP contribution in [0.4, 0.5) is 0 Å². The van der Waals surface area contributed by atoms with E-state index in [2.05, 4.69) is 10.5 Å². The zero-order valence-electron chi connectivity index (χ0n) is 16.2. The molecule has 0 aliphatic rings. The first-order valence-electron chi connectivity index (χ1n) is 8.79. The summed E-state index contributed by atoms with van der Waals surface area (Å²) in [6, 6.07) is 15.7. The van der Waals surface area contributed by atoms with Crippen LogP contribution >= 0.6 is 11.6 Å². The molecule has 0 aliphatic heterocycles. The summed E-state index contributed by atoms with van der Waals surface area (Å²) in [6.07, 6.45) is 1.36. The van der Waals surface area contributed by atoms with Crippen molar-refractivity contribution >= 4 is 33.8 Å². The molecule has 3 aromatic rings. The molecule has 3 rings (SSSR count). The van der Waals surface area contributed by atoms with Crippen molar-refractivity contribution in [3.05, 3.63) is 82.9 Å². The monoisotopic (exact) mass is 460 g/mol. The molecule has 8 nitrogen and oxygen atoms in total. The number of nitrogens with zero attached hydrogens (tertiary/aromatic N) is 1. The highest BCUT2D eigenvalue weighted by Crippen LogP contribution is 2.30. The van der Waals surface area contributed by atoms with Crippen LogP contribution in [-0.2, 0) is 10.1 Å². The Hall–Kier alpha value is -3.56. The van der Waals surface area contributed by atoms with Crippen LogP contribution in [0.25, 0.3) is 0 Å². The molecule has 0 saturated carbocycles. The lowest BCUT2D eigenvalue weighted by atomic mass is 10.2. The number of ether oxygens (including phenoxy) is 1. The molecule has 0 bridgehead atoms. The number of nitrogens with one attached hydrogen (secondary N) is 1. The first-order valence-corrected chi connectivity index (χ1v) is 10.6. The Bertz CT molecular complexity index is 1210. The molecule has 0 atom stereocenters.